The van der Waals surface area contributed by atoms with E-state index in [2.05, 4.69) is 0 Å². The number of carboxylic acids is 1. The minimum Gasteiger partial charge on any atom is -0.480 e. The standard InChI is InChI=1S/C17H17NO4S2/c1-10(19)23-13-6-2-4-11-5-3-7-14(16(11)13)24-15(20)9-8-12(18)17(21)22/h2-7,12H,8-9,18H2,1H3,(H,21,22)/t12-/m0/s1. The molecule has 126 valence electrons. The smallest absolute Gasteiger partial charge is 0.320 e. The molecule has 0 aromatic heterocycles. The van der Waals surface area contributed by atoms with Crippen LogP contribution in [0.15, 0.2) is 46.2 Å². The summed E-state index contributed by atoms with van der Waals surface area (Å²) < 4.78 is 0. The number of nitrogens with two attached hydrogens (primary N) is 1. The van der Waals surface area contributed by atoms with Crippen LogP contribution in [0, 0.1) is 0 Å². The lowest BCUT2D eigenvalue weighted by molar-refractivity contribution is -0.138. The van der Waals surface area contributed by atoms with Crippen LogP contribution in [0.1, 0.15) is 19.8 Å². The number of aliphatic carboxylic acids is 1. The van der Waals surface area contributed by atoms with Crippen LogP contribution in [0.4, 0.5) is 0 Å². The zero-order valence-corrected chi connectivity index (χ0v) is 14.7. The van der Waals surface area contributed by atoms with Crippen molar-refractivity contribution in [2.75, 3.05) is 0 Å². The first-order valence-electron chi connectivity index (χ1n) is 7.27. The van der Waals surface area contributed by atoms with Crippen LogP contribution in [-0.2, 0) is 14.4 Å². The Bertz CT molecular complexity index is 786. The summed E-state index contributed by atoms with van der Waals surface area (Å²) in [5.74, 6) is -1.11. The van der Waals surface area contributed by atoms with Gasteiger partial charge in [0.1, 0.15) is 6.04 Å². The Labute approximate surface area is 148 Å². The average molecular weight is 363 g/mol. The first-order valence-corrected chi connectivity index (χ1v) is 8.91. The van der Waals surface area contributed by atoms with Crippen molar-refractivity contribution < 1.29 is 19.5 Å². The van der Waals surface area contributed by atoms with Crippen molar-refractivity contribution in [2.24, 2.45) is 5.73 Å². The lowest BCUT2D eigenvalue weighted by Gasteiger charge is -2.10. The van der Waals surface area contributed by atoms with Gasteiger partial charge in [-0.1, -0.05) is 47.8 Å². The summed E-state index contributed by atoms with van der Waals surface area (Å²) in [5, 5.41) is 10.4. The van der Waals surface area contributed by atoms with E-state index in [1.807, 2.05) is 36.4 Å². The monoisotopic (exact) mass is 363 g/mol. The number of fused-ring (bicyclic) bond motifs is 1. The predicted molar refractivity (Wildman–Crippen MR) is 96.2 cm³/mol. The molecule has 3 N–H and O–H groups in total. The molecule has 24 heavy (non-hydrogen) atoms. The number of rotatable bonds is 6. The molecule has 5 nitrogen and oxygen atoms in total. The van der Waals surface area contributed by atoms with Gasteiger partial charge in [-0.05, 0) is 23.9 Å². The van der Waals surface area contributed by atoms with Gasteiger partial charge >= 0.3 is 5.97 Å². The second-order valence-electron chi connectivity index (χ2n) is 5.16. The summed E-state index contributed by atoms with van der Waals surface area (Å²) in [7, 11) is 0. The van der Waals surface area contributed by atoms with Crippen LogP contribution >= 0.6 is 23.5 Å². The second kappa shape index (κ2) is 8.32. The summed E-state index contributed by atoms with van der Waals surface area (Å²) in [6, 6.07) is 10.2. The van der Waals surface area contributed by atoms with Crippen molar-refractivity contribution in [1.82, 2.24) is 0 Å². The second-order valence-corrected chi connectivity index (χ2v) is 7.48. The van der Waals surface area contributed by atoms with Gasteiger partial charge in [0, 0.05) is 28.5 Å². The Balaban J connectivity index is 2.23. The zero-order chi connectivity index (χ0) is 17.7. The Kier molecular flexibility index (Phi) is 6.42. The molecule has 2 aromatic rings. The van der Waals surface area contributed by atoms with Crippen LogP contribution in [0.25, 0.3) is 10.8 Å². The number of carbonyl (C=O) groups excluding carboxylic acids is 2. The molecule has 0 aliphatic carbocycles. The van der Waals surface area contributed by atoms with E-state index in [1.54, 1.807) is 0 Å². The van der Waals surface area contributed by atoms with E-state index >= 15 is 0 Å². The molecule has 0 saturated heterocycles. The minimum absolute atomic E-state index is 0.0268. The van der Waals surface area contributed by atoms with Crippen molar-refractivity contribution in [2.45, 2.75) is 35.6 Å². The first-order chi connectivity index (χ1) is 11.4. The molecule has 2 rings (SSSR count). The number of benzene rings is 2. The molecule has 0 bridgehead atoms. The van der Waals surface area contributed by atoms with Gasteiger partial charge in [0.2, 0.25) is 0 Å². The summed E-state index contributed by atoms with van der Waals surface area (Å²) in [4.78, 5) is 35.9. The van der Waals surface area contributed by atoms with Crippen LogP contribution in [-0.4, -0.2) is 27.3 Å². The summed E-state index contributed by atoms with van der Waals surface area (Å²) >= 11 is 2.19. The van der Waals surface area contributed by atoms with Crippen molar-refractivity contribution >= 4 is 50.5 Å². The van der Waals surface area contributed by atoms with Gasteiger partial charge in [0.15, 0.2) is 10.2 Å². The van der Waals surface area contributed by atoms with E-state index in [1.165, 1.54) is 6.92 Å². The quantitative estimate of drug-likeness (QED) is 0.760. The van der Waals surface area contributed by atoms with Crippen molar-refractivity contribution in [1.29, 1.82) is 0 Å². The van der Waals surface area contributed by atoms with Crippen molar-refractivity contribution in [3.8, 4) is 0 Å². The van der Waals surface area contributed by atoms with Crippen LogP contribution in [0.3, 0.4) is 0 Å². The van der Waals surface area contributed by atoms with Crippen LogP contribution in [0.2, 0.25) is 0 Å². The summed E-state index contributed by atoms with van der Waals surface area (Å²) in [5.41, 5.74) is 5.43. The fraction of sp³-hybridized carbons (Fsp3) is 0.235. The summed E-state index contributed by atoms with van der Waals surface area (Å²) in [6.07, 6.45) is 0.178. The third kappa shape index (κ3) is 4.83. The SMILES string of the molecule is CC(=O)Sc1cccc2cccc(SC(=O)CC[C@H](N)C(=O)O)c12. The van der Waals surface area contributed by atoms with Gasteiger partial charge in [-0.15, -0.1) is 0 Å². The van der Waals surface area contributed by atoms with E-state index in [0.29, 0.717) is 0 Å². The Morgan fingerprint density at radius 1 is 1.08 bits per heavy atom. The maximum absolute atomic E-state index is 12.2. The molecular formula is C17H17NO4S2. The van der Waals surface area contributed by atoms with Crippen LogP contribution < -0.4 is 5.73 Å². The Morgan fingerprint density at radius 3 is 2.21 bits per heavy atom. The van der Waals surface area contributed by atoms with Gasteiger partial charge in [-0.3, -0.25) is 14.4 Å². The highest BCUT2D eigenvalue weighted by molar-refractivity contribution is 8.14. The predicted octanol–water partition coefficient (Wildman–Crippen LogP) is 3.29. The lowest BCUT2D eigenvalue weighted by atomic mass is 10.1. The van der Waals surface area contributed by atoms with E-state index in [4.69, 9.17) is 10.8 Å². The van der Waals surface area contributed by atoms with E-state index in [9.17, 15) is 14.4 Å². The highest BCUT2D eigenvalue weighted by atomic mass is 32.2. The van der Waals surface area contributed by atoms with Crippen molar-refractivity contribution in [3.05, 3.63) is 36.4 Å². The van der Waals surface area contributed by atoms with Gasteiger partial charge < -0.3 is 10.8 Å². The number of carbonyl (C=O) groups is 3. The fourth-order valence-corrected chi connectivity index (χ4v) is 3.96. The molecule has 0 unspecified atom stereocenters. The van der Waals surface area contributed by atoms with E-state index < -0.39 is 12.0 Å². The van der Waals surface area contributed by atoms with Crippen LogP contribution in [0.5, 0.6) is 0 Å². The molecule has 7 heteroatoms. The number of hydrogen-bond donors (Lipinski definition) is 2. The highest BCUT2D eigenvalue weighted by Crippen LogP contribution is 2.36. The maximum atomic E-state index is 12.2. The number of carboxylic acid groups (broad SMARTS) is 1. The van der Waals surface area contributed by atoms with Crippen molar-refractivity contribution in [3.63, 3.8) is 0 Å². The first kappa shape index (κ1) is 18.5. The highest BCUT2D eigenvalue weighted by Gasteiger charge is 2.16. The molecule has 0 aliphatic rings. The Morgan fingerprint density at radius 2 is 1.67 bits per heavy atom. The maximum Gasteiger partial charge on any atom is 0.320 e. The van der Waals surface area contributed by atoms with E-state index in [0.717, 1.165) is 44.1 Å². The van der Waals surface area contributed by atoms with Gasteiger partial charge in [0.25, 0.3) is 0 Å². The lowest BCUT2D eigenvalue weighted by Crippen LogP contribution is -2.30. The largest absolute Gasteiger partial charge is 0.480 e. The molecule has 1 atom stereocenters. The molecule has 0 amide bonds. The molecule has 0 fully saturated rings. The van der Waals surface area contributed by atoms with Gasteiger partial charge in [-0.2, -0.15) is 0 Å². The molecule has 2 aromatic carbocycles. The summed E-state index contributed by atoms with van der Waals surface area (Å²) in [6.45, 7) is 1.50. The molecule has 0 spiro atoms. The topological polar surface area (TPSA) is 97.5 Å². The van der Waals surface area contributed by atoms with Gasteiger partial charge in [0.05, 0.1) is 0 Å². The van der Waals surface area contributed by atoms with Gasteiger partial charge in [-0.25, -0.2) is 0 Å². The molecular weight excluding hydrogens is 346 g/mol. The number of hydrogen-bond acceptors (Lipinski definition) is 6. The average Bonchev–Trinajstić information content (AvgIpc) is 2.52. The molecule has 0 saturated carbocycles. The number of thioether (sulfide) groups is 2. The minimum atomic E-state index is -1.11. The third-order valence-electron chi connectivity index (χ3n) is 3.28. The zero-order valence-electron chi connectivity index (χ0n) is 13.0. The Hall–Kier alpha value is -1.83. The molecule has 0 aliphatic heterocycles. The van der Waals surface area contributed by atoms with E-state index in [-0.39, 0.29) is 23.1 Å². The molecule has 0 radical (unpaired) electrons. The third-order valence-corrected chi connectivity index (χ3v) is 5.12. The fourth-order valence-electron chi connectivity index (χ4n) is 2.17. The molecule has 0 heterocycles. The normalized spacial score (nSPS) is 12.1.